The second-order valence-electron chi connectivity index (χ2n) is 5.96. The molecule has 0 fully saturated rings. The second kappa shape index (κ2) is 12.4. The fraction of sp³-hybridized carbons (Fsp3) is 0.200. The number of halogens is 2. The third-order valence-electron chi connectivity index (χ3n) is 3.67. The SMILES string of the molecule is CCOc1cc(/C=N\NC(=O)C(=O)N/N=C/c2cc(I)c(O)c(OCC)c2)cc(I)c1O. The number of benzene rings is 2. The van der Waals surface area contributed by atoms with Gasteiger partial charge < -0.3 is 19.7 Å². The molecule has 2 aromatic carbocycles. The minimum Gasteiger partial charge on any atom is -0.504 e. The van der Waals surface area contributed by atoms with Crippen molar-refractivity contribution in [2.24, 2.45) is 10.2 Å². The molecular formula is C20H20I2N4O6. The smallest absolute Gasteiger partial charge is 0.331 e. The number of carbonyl (C=O) groups excluding carboxylic acids is 2. The highest BCUT2D eigenvalue weighted by Gasteiger charge is 2.12. The monoisotopic (exact) mass is 666 g/mol. The van der Waals surface area contributed by atoms with Gasteiger partial charge in [0.15, 0.2) is 23.0 Å². The third kappa shape index (κ3) is 7.22. The zero-order chi connectivity index (χ0) is 23.7. The first-order chi connectivity index (χ1) is 15.3. The number of hydrogen-bond acceptors (Lipinski definition) is 8. The van der Waals surface area contributed by atoms with Crippen LogP contribution in [0, 0.1) is 7.14 Å². The van der Waals surface area contributed by atoms with E-state index in [2.05, 4.69) is 21.1 Å². The van der Waals surface area contributed by atoms with E-state index in [1.165, 1.54) is 12.4 Å². The van der Waals surface area contributed by atoms with Gasteiger partial charge in [-0.1, -0.05) is 0 Å². The lowest BCUT2D eigenvalue weighted by atomic mass is 10.2. The molecule has 2 amide bonds. The van der Waals surface area contributed by atoms with Gasteiger partial charge >= 0.3 is 11.8 Å². The first-order valence-electron chi connectivity index (χ1n) is 9.23. The Morgan fingerprint density at radius 3 is 1.56 bits per heavy atom. The number of hydrogen-bond donors (Lipinski definition) is 4. The maximum atomic E-state index is 11.9. The highest BCUT2D eigenvalue weighted by molar-refractivity contribution is 14.1. The molecule has 0 saturated heterocycles. The molecule has 10 nitrogen and oxygen atoms in total. The molecule has 170 valence electrons. The molecule has 0 radical (unpaired) electrons. The van der Waals surface area contributed by atoms with Gasteiger partial charge in [-0.2, -0.15) is 10.2 Å². The van der Waals surface area contributed by atoms with Crippen LogP contribution in [-0.2, 0) is 9.59 Å². The lowest BCUT2D eigenvalue weighted by molar-refractivity contribution is -0.139. The molecule has 0 aromatic heterocycles. The zero-order valence-electron chi connectivity index (χ0n) is 17.1. The normalized spacial score (nSPS) is 11.0. The molecule has 0 atom stereocenters. The number of carbonyl (C=O) groups is 2. The summed E-state index contributed by atoms with van der Waals surface area (Å²) in [5.41, 5.74) is 5.30. The molecular weight excluding hydrogens is 646 g/mol. The van der Waals surface area contributed by atoms with Crippen LogP contribution in [-0.4, -0.2) is 47.7 Å². The van der Waals surface area contributed by atoms with Crippen LogP contribution < -0.4 is 20.3 Å². The summed E-state index contributed by atoms with van der Waals surface area (Å²) in [6.07, 6.45) is 2.62. The minimum absolute atomic E-state index is 0.0163. The van der Waals surface area contributed by atoms with E-state index in [1.807, 2.05) is 45.2 Å². The fourth-order valence-corrected chi connectivity index (χ4v) is 3.55. The molecule has 32 heavy (non-hydrogen) atoms. The highest BCUT2D eigenvalue weighted by Crippen LogP contribution is 2.33. The van der Waals surface area contributed by atoms with E-state index in [-0.39, 0.29) is 23.0 Å². The van der Waals surface area contributed by atoms with Crippen molar-refractivity contribution in [1.82, 2.24) is 10.9 Å². The lowest BCUT2D eigenvalue weighted by Crippen LogP contribution is -2.35. The average Bonchev–Trinajstić information content (AvgIpc) is 2.75. The standard InChI is InChI=1S/C20H20I2N4O6/c1-3-31-15-7-11(5-13(21)17(15)27)9-23-25-19(29)20(30)26-24-10-12-6-14(22)18(28)16(8-12)32-4-2/h5-10,27-28H,3-4H2,1-2H3,(H,25,29)(H,26,30)/b23-9-,24-10+. The quantitative estimate of drug-likeness (QED) is 0.148. The van der Waals surface area contributed by atoms with Crippen LogP contribution in [0.25, 0.3) is 0 Å². The number of nitrogens with one attached hydrogen (secondary N) is 2. The van der Waals surface area contributed by atoms with Crippen molar-refractivity contribution in [2.75, 3.05) is 13.2 Å². The number of hydrazone groups is 2. The summed E-state index contributed by atoms with van der Waals surface area (Å²) >= 11 is 3.88. The van der Waals surface area contributed by atoms with Gasteiger partial charge in [0.05, 0.1) is 32.8 Å². The number of rotatable bonds is 8. The van der Waals surface area contributed by atoms with E-state index in [0.717, 1.165) is 0 Å². The van der Waals surface area contributed by atoms with Crippen molar-refractivity contribution < 1.29 is 29.3 Å². The molecule has 4 N–H and O–H groups in total. The number of phenols is 2. The van der Waals surface area contributed by atoms with Crippen molar-refractivity contribution >= 4 is 69.4 Å². The first-order valence-corrected chi connectivity index (χ1v) is 11.4. The fourth-order valence-electron chi connectivity index (χ4n) is 2.30. The molecule has 0 heterocycles. The summed E-state index contributed by atoms with van der Waals surface area (Å²) in [5, 5.41) is 27.3. The van der Waals surface area contributed by atoms with Gasteiger partial charge in [-0.05, 0) is 94.4 Å². The summed E-state index contributed by atoms with van der Waals surface area (Å²) in [5.74, 6) is -1.43. The second-order valence-corrected chi connectivity index (χ2v) is 8.29. The van der Waals surface area contributed by atoms with Crippen LogP contribution >= 0.6 is 45.2 Å². The summed E-state index contributed by atoms with van der Waals surface area (Å²) in [4.78, 5) is 23.7. The van der Waals surface area contributed by atoms with E-state index in [0.29, 0.717) is 31.5 Å². The number of ether oxygens (including phenoxy) is 2. The molecule has 0 bridgehead atoms. The van der Waals surface area contributed by atoms with Crippen LogP contribution in [0.15, 0.2) is 34.5 Å². The Labute approximate surface area is 211 Å². The third-order valence-corrected chi connectivity index (χ3v) is 5.31. The van der Waals surface area contributed by atoms with Gasteiger partial charge in [-0.15, -0.1) is 0 Å². The number of phenolic OH excluding ortho intramolecular Hbond substituents is 2. The predicted molar refractivity (Wildman–Crippen MR) is 135 cm³/mol. The van der Waals surface area contributed by atoms with Gasteiger partial charge in [0, 0.05) is 0 Å². The van der Waals surface area contributed by atoms with E-state index >= 15 is 0 Å². The van der Waals surface area contributed by atoms with Crippen LogP contribution in [0.5, 0.6) is 23.0 Å². The molecule has 0 aliphatic heterocycles. The van der Waals surface area contributed by atoms with Gasteiger partial charge in [0.25, 0.3) is 0 Å². The molecule has 0 unspecified atom stereocenters. The Bertz CT molecular complexity index is 975. The molecule has 0 saturated carbocycles. The Balaban J connectivity index is 1.96. The summed E-state index contributed by atoms with van der Waals surface area (Å²) < 4.78 is 11.8. The molecule has 0 aliphatic rings. The molecule has 0 aliphatic carbocycles. The topological polar surface area (TPSA) is 142 Å². The van der Waals surface area contributed by atoms with Crippen molar-refractivity contribution in [1.29, 1.82) is 0 Å². The lowest BCUT2D eigenvalue weighted by Gasteiger charge is -2.08. The van der Waals surface area contributed by atoms with Gasteiger partial charge in [0.1, 0.15) is 0 Å². The van der Waals surface area contributed by atoms with Gasteiger partial charge in [-0.3, -0.25) is 9.59 Å². The first kappa shape index (κ1) is 25.6. The van der Waals surface area contributed by atoms with Crippen LogP contribution in [0.1, 0.15) is 25.0 Å². The minimum atomic E-state index is -1.02. The Morgan fingerprint density at radius 1 is 0.844 bits per heavy atom. The largest absolute Gasteiger partial charge is 0.504 e. The summed E-state index contributed by atoms with van der Waals surface area (Å²) in [6, 6.07) is 6.37. The van der Waals surface area contributed by atoms with Crippen LogP contribution in [0.4, 0.5) is 0 Å². The highest BCUT2D eigenvalue weighted by atomic mass is 127. The van der Waals surface area contributed by atoms with Crippen molar-refractivity contribution in [2.45, 2.75) is 13.8 Å². The summed E-state index contributed by atoms with van der Waals surface area (Å²) in [7, 11) is 0. The van der Waals surface area contributed by atoms with Gasteiger partial charge in [-0.25, -0.2) is 10.9 Å². The van der Waals surface area contributed by atoms with Crippen molar-refractivity contribution in [3.05, 3.63) is 42.5 Å². The molecule has 2 aromatic rings. The van der Waals surface area contributed by atoms with Gasteiger partial charge in [0.2, 0.25) is 0 Å². The van der Waals surface area contributed by atoms with E-state index in [1.54, 1.807) is 38.1 Å². The maximum Gasteiger partial charge on any atom is 0.331 e. The Hall–Kier alpha value is -2.62. The number of amides is 2. The summed E-state index contributed by atoms with van der Waals surface area (Å²) in [6.45, 7) is 4.32. The molecule has 0 spiro atoms. The van der Waals surface area contributed by atoms with E-state index < -0.39 is 11.8 Å². The average molecular weight is 666 g/mol. The van der Waals surface area contributed by atoms with E-state index in [9.17, 15) is 19.8 Å². The predicted octanol–water partition coefficient (Wildman–Crippen LogP) is 2.70. The van der Waals surface area contributed by atoms with Crippen LogP contribution in [0.3, 0.4) is 0 Å². The van der Waals surface area contributed by atoms with E-state index in [4.69, 9.17) is 9.47 Å². The van der Waals surface area contributed by atoms with Crippen LogP contribution in [0.2, 0.25) is 0 Å². The Kier molecular flexibility index (Phi) is 9.96. The number of nitrogens with zero attached hydrogens (tertiary/aromatic N) is 2. The number of aromatic hydroxyl groups is 2. The maximum absolute atomic E-state index is 11.9. The molecule has 12 heteroatoms. The molecule has 2 rings (SSSR count). The Morgan fingerprint density at radius 2 is 1.22 bits per heavy atom. The van der Waals surface area contributed by atoms with Crippen molar-refractivity contribution in [3.8, 4) is 23.0 Å². The van der Waals surface area contributed by atoms with Crippen molar-refractivity contribution in [3.63, 3.8) is 0 Å². The zero-order valence-corrected chi connectivity index (χ0v) is 21.4.